The molecule has 0 aliphatic carbocycles. The van der Waals surface area contributed by atoms with E-state index in [1.807, 2.05) is 42.7 Å². The van der Waals surface area contributed by atoms with Gasteiger partial charge < -0.3 is 4.57 Å². The maximum atomic E-state index is 9.11. The van der Waals surface area contributed by atoms with Crippen LogP contribution in [0.3, 0.4) is 0 Å². The summed E-state index contributed by atoms with van der Waals surface area (Å²) in [5.74, 6) is 0. The maximum absolute atomic E-state index is 9.11. The Balaban J connectivity index is 2.08. The van der Waals surface area contributed by atoms with Crippen molar-refractivity contribution in [1.29, 1.82) is 5.26 Å². The molecule has 0 amide bonds. The van der Waals surface area contributed by atoms with Crippen LogP contribution >= 0.6 is 0 Å². The molecule has 3 aromatic rings. The summed E-state index contributed by atoms with van der Waals surface area (Å²) >= 11 is 0. The molecule has 0 unspecified atom stereocenters. The first kappa shape index (κ1) is 11.5. The van der Waals surface area contributed by atoms with Gasteiger partial charge in [0.1, 0.15) is 0 Å². The minimum absolute atomic E-state index is 0.717. The van der Waals surface area contributed by atoms with Gasteiger partial charge in [-0.25, -0.2) is 0 Å². The molecule has 0 radical (unpaired) electrons. The van der Waals surface area contributed by atoms with Gasteiger partial charge in [0.15, 0.2) is 0 Å². The van der Waals surface area contributed by atoms with Gasteiger partial charge in [-0.1, -0.05) is 12.1 Å². The monoisotopic (exact) mass is 247 g/mol. The van der Waals surface area contributed by atoms with Crippen molar-refractivity contribution in [3.63, 3.8) is 0 Å². The van der Waals surface area contributed by atoms with E-state index in [4.69, 9.17) is 5.26 Å². The lowest BCUT2D eigenvalue weighted by Crippen LogP contribution is -2.02. The third-order valence-corrected chi connectivity index (χ3v) is 3.37. The highest BCUT2D eigenvalue weighted by Crippen LogP contribution is 2.20. The highest BCUT2D eigenvalue weighted by molar-refractivity contribution is 5.86. The third-order valence-electron chi connectivity index (χ3n) is 3.37. The SMILES string of the molecule is Cc1cccnc1Cn1ccc2c(C#N)cccc21. The molecule has 1 aromatic carbocycles. The molecule has 0 saturated heterocycles. The van der Waals surface area contributed by atoms with E-state index in [0.717, 1.165) is 23.1 Å². The van der Waals surface area contributed by atoms with Crippen molar-refractivity contribution in [3.05, 3.63) is 65.6 Å². The van der Waals surface area contributed by atoms with Gasteiger partial charge in [-0.05, 0) is 36.8 Å². The second kappa shape index (κ2) is 4.58. The van der Waals surface area contributed by atoms with E-state index >= 15 is 0 Å². The van der Waals surface area contributed by atoms with Crippen molar-refractivity contribution >= 4 is 10.9 Å². The summed E-state index contributed by atoms with van der Waals surface area (Å²) in [4.78, 5) is 4.42. The number of fused-ring (bicyclic) bond motifs is 1. The number of hydrogen-bond donors (Lipinski definition) is 0. The molecule has 3 heteroatoms. The number of rotatable bonds is 2. The molecule has 0 aliphatic heterocycles. The van der Waals surface area contributed by atoms with E-state index in [9.17, 15) is 0 Å². The molecule has 2 aromatic heterocycles. The van der Waals surface area contributed by atoms with Gasteiger partial charge in [0, 0.05) is 23.3 Å². The Bertz CT molecular complexity index is 778. The Morgan fingerprint density at radius 1 is 1.21 bits per heavy atom. The predicted molar refractivity (Wildman–Crippen MR) is 74.7 cm³/mol. The number of pyridine rings is 1. The summed E-state index contributed by atoms with van der Waals surface area (Å²) < 4.78 is 2.13. The molecule has 2 heterocycles. The zero-order valence-corrected chi connectivity index (χ0v) is 10.7. The maximum Gasteiger partial charge on any atom is 0.0998 e. The summed E-state index contributed by atoms with van der Waals surface area (Å²) in [6, 6.07) is 14.0. The van der Waals surface area contributed by atoms with Crippen LogP contribution in [0.1, 0.15) is 16.8 Å². The van der Waals surface area contributed by atoms with Gasteiger partial charge in [-0.15, -0.1) is 0 Å². The van der Waals surface area contributed by atoms with Crippen molar-refractivity contribution in [1.82, 2.24) is 9.55 Å². The summed E-state index contributed by atoms with van der Waals surface area (Å²) in [6.45, 7) is 2.79. The highest BCUT2D eigenvalue weighted by Gasteiger charge is 2.07. The quantitative estimate of drug-likeness (QED) is 0.697. The van der Waals surface area contributed by atoms with E-state index in [-0.39, 0.29) is 0 Å². The Morgan fingerprint density at radius 3 is 2.89 bits per heavy atom. The van der Waals surface area contributed by atoms with Crippen LogP contribution in [0, 0.1) is 18.3 Å². The van der Waals surface area contributed by atoms with E-state index in [0.29, 0.717) is 5.56 Å². The van der Waals surface area contributed by atoms with Crippen molar-refractivity contribution < 1.29 is 0 Å². The van der Waals surface area contributed by atoms with E-state index in [1.54, 1.807) is 0 Å². The van der Waals surface area contributed by atoms with Gasteiger partial charge >= 0.3 is 0 Å². The fourth-order valence-corrected chi connectivity index (χ4v) is 2.30. The fourth-order valence-electron chi connectivity index (χ4n) is 2.30. The fraction of sp³-hybridized carbons (Fsp3) is 0.125. The first-order valence-electron chi connectivity index (χ1n) is 6.18. The summed E-state index contributed by atoms with van der Waals surface area (Å²) in [5, 5.41) is 10.1. The molecule has 0 saturated carbocycles. The minimum atomic E-state index is 0.717. The van der Waals surface area contributed by atoms with Gasteiger partial charge in [0.25, 0.3) is 0 Å². The van der Waals surface area contributed by atoms with Gasteiger partial charge in [-0.3, -0.25) is 4.98 Å². The van der Waals surface area contributed by atoms with Crippen LogP contribution in [0.5, 0.6) is 0 Å². The number of nitrogens with zero attached hydrogens (tertiary/aromatic N) is 3. The highest BCUT2D eigenvalue weighted by atomic mass is 15.0. The van der Waals surface area contributed by atoms with E-state index < -0.39 is 0 Å². The number of benzene rings is 1. The van der Waals surface area contributed by atoms with Crippen molar-refractivity contribution in [2.24, 2.45) is 0 Å². The van der Waals surface area contributed by atoms with Crippen LogP contribution in [-0.4, -0.2) is 9.55 Å². The van der Waals surface area contributed by atoms with E-state index in [2.05, 4.69) is 28.6 Å². The minimum Gasteiger partial charge on any atom is -0.341 e. The molecular formula is C16H13N3. The second-order valence-corrected chi connectivity index (χ2v) is 4.56. The average Bonchev–Trinajstić information content (AvgIpc) is 2.84. The smallest absolute Gasteiger partial charge is 0.0998 e. The lowest BCUT2D eigenvalue weighted by Gasteiger charge is -2.07. The Kier molecular flexibility index (Phi) is 2.77. The van der Waals surface area contributed by atoms with Crippen LogP contribution in [-0.2, 0) is 6.54 Å². The van der Waals surface area contributed by atoms with Crippen LogP contribution in [0.2, 0.25) is 0 Å². The average molecular weight is 247 g/mol. The summed E-state index contributed by atoms with van der Waals surface area (Å²) in [7, 11) is 0. The molecule has 0 atom stereocenters. The number of aryl methyl sites for hydroxylation is 1. The van der Waals surface area contributed by atoms with Crippen molar-refractivity contribution in [2.75, 3.05) is 0 Å². The second-order valence-electron chi connectivity index (χ2n) is 4.56. The van der Waals surface area contributed by atoms with Gasteiger partial charge in [0.05, 0.1) is 23.9 Å². The number of aromatic nitrogens is 2. The number of nitriles is 1. The molecule has 0 spiro atoms. The summed E-state index contributed by atoms with van der Waals surface area (Å²) in [5.41, 5.74) is 4.03. The predicted octanol–water partition coefficient (Wildman–Crippen LogP) is 3.26. The molecule has 0 fully saturated rings. The third kappa shape index (κ3) is 1.98. The molecule has 92 valence electrons. The lowest BCUT2D eigenvalue weighted by atomic mass is 10.1. The molecular weight excluding hydrogens is 234 g/mol. The largest absolute Gasteiger partial charge is 0.341 e. The molecule has 0 N–H and O–H groups in total. The molecule has 0 bridgehead atoms. The molecule has 3 rings (SSSR count). The van der Waals surface area contributed by atoms with Gasteiger partial charge in [-0.2, -0.15) is 5.26 Å². The normalized spacial score (nSPS) is 10.5. The van der Waals surface area contributed by atoms with Crippen LogP contribution in [0.4, 0.5) is 0 Å². The Labute approximate surface area is 111 Å². The van der Waals surface area contributed by atoms with Gasteiger partial charge in [0.2, 0.25) is 0 Å². The van der Waals surface area contributed by atoms with Crippen molar-refractivity contribution in [3.8, 4) is 6.07 Å². The van der Waals surface area contributed by atoms with E-state index in [1.165, 1.54) is 5.56 Å². The van der Waals surface area contributed by atoms with Crippen LogP contribution < -0.4 is 0 Å². The zero-order valence-electron chi connectivity index (χ0n) is 10.7. The zero-order chi connectivity index (χ0) is 13.2. The molecule has 0 aliphatic rings. The standard InChI is InChI=1S/C16H13N3/c1-12-4-3-8-18-15(12)11-19-9-7-14-13(10-17)5-2-6-16(14)19/h2-9H,11H2,1H3. The Morgan fingerprint density at radius 2 is 2.11 bits per heavy atom. The molecule has 3 nitrogen and oxygen atoms in total. The number of hydrogen-bond acceptors (Lipinski definition) is 2. The Hall–Kier alpha value is -2.60. The molecule has 19 heavy (non-hydrogen) atoms. The van der Waals surface area contributed by atoms with Crippen molar-refractivity contribution in [2.45, 2.75) is 13.5 Å². The summed E-state index contributed by atoms with van der Waals surface area (Å²) in [6.07, 6.45) is 3.83. The van der Waals surface area contributed by atoms with Crippen LogP contribution in [0.15, 0.2) is 48.8 Å². The lowest BCUT2D eigenvalue weighted by molar-refractivity contribution is 0.799. The topological polar surface area (TPSA) is 41.6 Å². The van der Waals surface area contributed by atoms with Crippen LogP contribution in [0.25, 0.3) is 10.9 Å². The first-order valence-corrected chi connectivity index (χ1v) is 6.18. The first-order chi connectivity index (χ1) is 9.29.